The van der Waals surface area contributed by atoms with E-state index in [-0.39, 0.29) is 16.0 Å². The zero-order valence-electron chi connectivity index (χ0n) is 29.1. The molecule has 0 unspecified atom stereocenters. The SMILES string of the molecule is Cc1ccc2c(c1)C(C)(C)C(/C=C/C=C/C=C1/N(CCCCCOC=O)c3ccc(S(=O)(=O)O)cc3C1(C)C)=[N+]2Cc1ccc([N+](=O)[O-])cc1. The summed E-state index contributed by atoms with van der Waals surface area (Å²) in [6.45, 7) is 12.6. The molecular weight excluding hydrogens is 655 g/mol. The number of aryl methyl sites for hydroxylation is 1. The minimum atomic E-state index is -4.37. The zero-order valence-corrected chi connectivity index (χ0v) is 29.9. The topological polar surface area (TPSA) is 130 Å². The molecule has 0 saturated heterocycles. The Labute approximate surface area is 294 Å². The first-order valence-electron chi connectivity index (χ1n) is 16.7. The number of non-ortho nitro benzene ring substituents is 1. The van der Waals surface area contributed by atoms with Crippen LogP contribution in [0, 0.1) is 17.0 Å². The van der Waals surface area contributed by atoms with Crippen LogP contribution in [0.5, 0.6) is 0 Å². The van der Waals surface area contributed by atoms with Gasteiger partial charge in [0, 0.05) is 58.7 Å². The largest absolute Gasteiger partial charge is 0.468 e. The van der Waals surface area contributed by atoms with Crippen LogP contribution < -0.4 is 4.90 Å². The molecule has 0 amide bonds. The predicted molar refractivity (Wildman–Crippen MR) is 195 cm³/mol. The quantitative estimate of drug-likeness (QED) is 0.0343. The van der Waals surface area contributed by atoms with Crippen molar-refractivity contribution in [3.05, 3.63) is 129 Å². The molecule has 0 atom stereocenters. The maximum atomic E-state index is 12.0. The molecule has 2 aliphatic rings. The molecule has 1 N–H and O–H groups in total. The molecule has 10 nitrogen and oxygen atoms in total. The molecular formula is C39H44N3O7S+. The van der Waals surface area contributed by atoms with E-state index in [9.17, 15) is 27.9 Å². The fourth-order valence-corrected chi connectivity index (χ4v) is 7.47. The summed E-state index contributed by atoms with van der Waals surface area (Å²) in [6.07, 6.45) is 12.6. The van der Waals surface area contributed by atoms with Gasteiger partial charge in [-0.3, -0.25) is 19.5 Å². The first-order chi connectivity index (χ1) is 23.7. The van der Waals surface area contributed by atoms with Crippen LogP contribution in [0.15, 0.2) is 102 Å². The number of ether oxygens (including phenoxy) is 1. The van der Waals surface area contributed by atoms with Crippen molar-refractivity contribution >= 4 is 39.4 Å². The van der Waals surface area contributed by atoms with Crippen LogP contribution in [0.3, 0.4) is 0 Å². The molecule has 0 aromatic heterocycles. The third-order valence-electron chi connectivity index (χ3n) is 9.64. The van der Waals surface area contributed by atoms with Crippen molar-refractivity contribution in [1.82, 2.24) is 0 Å². The number of carbonyl (C=O) groups excluding carboxylic acids is 1. The summed E-state index contributed by atoms with van der Waals surface area (Å²) in [4.78, 5) is 23.4. The maximum absolute atomic E-state index is 12.0. The summed E-state index contributed by atoms with van der Waals surface area (Å²) < 4.78 is 40.8. The van der Waals surface area contributed by atoms with E-state index in [0.29, 0.717) is 26.2 Å². The van der Waals surface area contributed by atoms with Gasteiger partial charge < -0.3 is 9.64 Å². The molecule has 2 heterocycles. The van der Waals surface area contributed by atoms with Crippen molar-refractivity contribution < 1.29 is 32.0 Å². The maximum Gasteiger partial charge on any atom is 0.294 e. The average molecular weight is 699 g/mol. The minimum absolute atomic E-state index is 0.0602. The fraction of sp³-hybridized carbons (Fsp3) is 0.333. The molecule has 0 radical (unpaired) electrons. The molecule has 0 aliphatic carbocycles. The molecule has 0 fully saturated rings. The number of rotatable bonds is 14. The summed E-state index contributed by atoms with van der Waals surface area (Å²) in [7, 11) is -4.37. The Morgan fingerprint density at radius 3 is 2.34 bits per heavy atom. The molecule has 3 aromatic rings. The zero-order chi connectivity index (χ0) is 36.3. The fourth-order valence-electron chi connectivity index (χ4n) is 6.96. The van der Waals surface area contributed by atoms with Crippen LogP contribution in [-0.2, 0) is 37.0 Å². The van der Waals surface area contributed by atoms with Gasteiger partial charge >= 0.3 is 0 Å². The predicted octanol–water partition coefficient (Wildman–Crippen LogP) is 7.86. The Morgan fingerprint density at radius 2 is 1.66 bits per heavy atom. The van der Waals surface area contributed by atoms with E-state index in [2.05, 4.69) is 54.5 Å². The van der Waals surface area contributed by atoms with Gasteiger partial charge in [-0.25, -0.2) is 0 Å². The highest BCUT2D eigenvalue weighted by atomic mass is 32.2. The highest BCUT2D eigenvalue weighted by Crippen LogP contribution is 2.48. The Balaban J connectivity index is 1.45. The second-order valence-electron chi connectivity index (χ2n) is 13.8. The number of allylic oxidation sites excluding steroid dienone is 6. The Bertz CT molecular complexity index is 2020. The monoisotopic (exact) mass is 698 g/mol. The summed E-state index contributed by atoms with van der Waals surface area (Å²) in [6, 6.07) is 17.9. The van der Waals surface area contributed by atoms with E-state index in [1.54, 1.807) is 24.3 Å². The number of nitro benzene ring substituents is 1. The highest BCUT2D eigenvalue weighted by Gasteiger charge is 2.44. The third kappa shape index (κ3) is 7.49. The van der Waals surface area contributed by atoms with Crippen molar-refractivity contribution in [2.45, 2.75) is 76.2 Å². The summed E-state index contributed by atoms with van der Waals surface area (Å²) in [5, 5.41) is 11.2. The van der Waals surface area contributed by atoms with Crippen molar-refractivity contribution in [1.29, 1.82) is 0 Å². The number of hydrogen-bond acceptors (Lipinski definition) is 7. The van der Waals surface area contributed by atoms with Crippen LogP contribution in [0.25, 0.3) is 0 Å². The van der Waals surface area contributed by atoms with Crippen LogP contribution in [0.4, 0.5) is 17.1 Å². The van der Waals surface area contributed by atoms with E-state index in [1.807, 2.05) is 38.2 Å². The first kappa shape index (κ1) is 36.4. The molecule has 0 bridgehead atoms. The molecule has 0 saturated carbocycles. The highest BCUT2D eigenvalue weighted by molar-refractivity contribution is 7.85. The second kappa shape index (κ2) is 14.5. The lowest BCUT2D eigenvalue weighted by molar-refractivity contribution is -0.455. The van der Waals surface area contributed by atoms with Gasteiger partial charge in [0.1, 0.15) is 0 Å². The number of benzene rings is 3. The van der Waals surface area contributed by atoms with Crippen molar-refractivity contribution in [2.75, 3.05) is 18.1 Å². The summed E-state index contributed by atoms with van der Waals surface area (Å²) in [5.74, 6) is 0. The van der Waals surface area contributed by atoms with Crippen LogP contribution >= 0.6 is 0 Å². The number of hydrogen-bond donors (Lipinski definition) is 1. The first-order valence-corrected chi connectivity index (χ1v) is 18.1. The average Bonchev–Trinajstić information content (AvgIpc) is 3.40. The second-order valence-corrected chi connectivity index (χ2v) is 15.2. The van der Waals surface area contributed by atoms with Gasteiger partial charge in [-0.15, -0.1) is 0 Å². The number of unbranched alkanes of at least 4 members (excludes halogenated alkanes) is 2. The van der Waals surface area contributed by atoms with E-state index in [1.165, 1.54) is 29.3 Å². The van der Waals surface area contributed by atoms with Crippen molar-refractivity contribution in [3.63, 3.8) is 0 Å². The Hall–Kier alpha value is -4.87. The molecule has 0 spiro atoms. The lowest BCUT2D eigenvalue weighted by Crippen LogP contribution is -2.27. The Morgan fingerprint density at radius 1 is 0.920 bits per heavy atom. The standard InChI is InChI=1S/C39H43N3O7S/c1-28-14-20-35-32(24-28)38(2,3)37(41(35)26-29-15-17-30(18-16-29)42(44)45)13-9-6-8-12-36-39(4,5)33-25-31(50(46,47)48)19-21-34(33)40(36)22-10-7-11-23-49-27-43/h6,8-9,12-21,24-25,27H,7,10-11,22-23,26H2,1-5H3/p+1. The molecule has 11 heteroatoms. The van der Waals surface area contributed by atoms with E-state index < -0.39 is 20.5 Å². The van der Waals surface area contributed by atoms with Gasteiger partial charge in [-0.2, -0.15) is 13.0 Å². The summed E-state index contributed by atoms with van der Waals surface area (Å²) in [5.41, 5.74) is 7.46. The molecule has 5 rings (SSSR count). The van der Waals surface area contributed by atoms with E-state index in [0.717, 1.165) is 53.2 Å². The molecule has 262 valence electrons. The number of anilines is 1. The minimum Gasteiger partial charge on any atom is -0.468 e. The van der Waals surface area contributed by atoms with Gasteiger partial charge in [0.15, 0.2) is 12.3 Å². The lowest BCUT2D eigenvalue weighted by Gasteiger charge is -2.27. The van der Waals surface area contributed by atoms with Crippen molar-refractivity contribution in [3.8, 4) is 0 Å². The van der Waals surface area contributed by atoms with Gasteiger partial charge in [-0.05, 0) is 88.1 Å². The number of nitrogens with zero attached hydrogens (tertiary/aromatic N) is 3. The van der Waals surface area contributed by atoms with Gasteiger partial charge in [0.25, 0.3) is 22.3 Å². The number of nitro groups is 1. The van der Waals surface area contributed by atoms with Crippen LogP contribution in [0.2, 0.25) is 0 Å². The van der Waals surface area contributed by atoms with Crippen LogP contribution in [-0.4, -0.2) is 47.8 Å². The lowest BCUT2D eigenvalue weighted by atomic mass is 9.81. The van der Waals surface area contributed by atoms with Gasteiger partial charge in [-0.1, -0.05) is 43.7 Å². The molecule has 2 aliphatic heterocycles. The van der Waals surface area contributed by atoms with Gasteiger partial charge in [0.2, 0.25) is 5.69 Å². The Kier molecular flexibility index (Phi) is 10.6. The van der Waals surface area contributed by atoms with Crippen molar-refractivity contribution in [2.24, 2.45) is 0 Å². The molecule has 50 heavy (non-hydrogen) atoms. The number of fused-ring (bicyclic) bond motifs is 2. The van der Waals surface area contributed by atoms with Crippen LogP contribution in [0.1, 0.15) is 69.2 Å². The smallest absolute Gasteiger partial charge is 0.294 e. The normalized spacial score (nSPS) is 17.2. The molecule has 3 aromatic carbocycles. The van der Waals surface area contributed by atoms with E-state index >= 15 is 0 Å². The van der Waals surface area contributed by atoms with Gasteiger partial charge in [0.05, 0.1) is 21.8 Å². The number of carbonyl (C=O) groups is 1. The van der Waals surface area contributed by atoms with E-state index in [4.69, 9.17) is 4.74 Å². The summed E-state index contributed by atoms with van der Waals surface area (Å²) >= 11 is 0. The third-order valence-corrected chi connectivity index (χ3v) is 10.5.